The summed E-state index contributed by atoms with van der Waals surface area (Å²) in [6.45, 7) is 5.22. The Bertz CT molecular complexity index is 663. The third kappa shape index (κ3) is 3.76. The average molecular weight is 312 g/mol. The van der Waals surface area contributed by atoms with Crippen LogP contribution in [0.15, 0.2) is 40.8 Å². The minimum atomic E-state index is 0.0293. The molecular formula is C19H24N2O2. The third-order valence-corrected chi connectivity index (χ3v) is 4.53. The highest BCUT2D eigenvalue weighted by atomic mass is 16.3. The number of furan rings is 1. The summed E-state index contributed by atoms with van der Waals surface area (Å²) < 4.78 is 5.51. The van der Waals surface area contributed by atoms with Gasteiger partial charge < -0.3 is 14.6 Å². The van der Waals surface area contributed by atoms with E-state index in [2.05, 4.69) is 29.6 Å². The molecular weight excluding hydrogens is 288 g/mol. The van der Waals surface area contributed by atoms with Gasteiger partial charge in [0, 0.05) is 24.7 Å². The van der Waals surface area contributed by atoms with Gasteiger partial charge in [0.05, 0.1) is 0 Å². The fraction of sp³-hybridized carbons (Fsp3) is 0.421. The van der Waals surface area contributed by atoms with E-state index in [9.17, 15) is 4.79 Å². The Hall–Kier alpha value is -2.23. The summed E-state index contributed by atoms with van der Waals surface area (Å²) in [5, 5.41) is 3.04. The zero-order chi connectivity index (χ0) is 16.2. The number of hydrogen-bond acceptors (Lipinski definition) is 2. The summed E-state index contributed by atoms with van der Waals surface area (Å²) in [5.74, 6) is 1.76. The number of likely N-dealkylation sites (tertiary alicyclic amines) is 1. The predicted octanol–water partition coefficient (Wildman–Crippen LogP) is 3.81. The second-order valence-corrected chi connectivity index (χ2v) is 6.28. The largest absolute Gasteiger partial charge is 0.466 e. The van der Waals surface area contributed by atoms with Crippen LogP contribution in [0.25, 0.3) is 0 Å². The molecule has 1 aromatic heterocycles. The van der Waals surface area contributed by atoms with Crippen LogP contribution in [0.3, 0.4) is 0 Å². The van der Waals surface area contributed by atoms with Crippen molar-refractivity contribution in [2.75, 3.05) is 6.54 Å². The Morgan fingerprint density at radius 3 is 2.78 bits per heavy atom. The standard InChI is InChI=1S/C19H24N2O2/c1-14-11-17(15(2)23-14)13-20-19(22)21-10-6-9-18(21)12-16-7-4-3-5-8-16/h3-5,7-8,11,18H,6,9-10,12-13H2,1-2H3,(H,20,22). The molecule has 2 heterocycles. The Morgan fingerprint density at radius 1 is 1.30 bits per heavy atom. The fourth-order valence-electron chi connectivity index (χ4n) is 3.33. The SMILES string of the molecule is Cc1cc(CNC(=O)N2CCCC2Cc2ccccc2)c(C)o1. The van der Waals surface area contributed by atoms with Gasteiger partial charge in [-0.2, -0.15) is 0 Å². The van der Waals surface area contributed by atoms with Gasteiger partial charge in [0.15, 0.2) is 0 Å². The van der Waals surface area contributed by atoms with Crippen molar-refractivity contribution in [1.82, 2.24) is 10.2 Å². The number of aryl methyl sites for hydroxylation is 2. The number of urea groups is 1. The molecule has 1 N–H and O–H groups in total. The van der Waals surface area contributed by atoms with Gasteiger partial charge >= 0.3 is 6.03 Å². The van der Waals surface area contributed by atoms with Gasteiger partial charge in [-0.25, -0.2) is 4.79 Å². The molecule has 122 valence electrons. The summed E-state index contributed by atoms with van der Waals surface area (Å²) in [6.07, 6.45) is 3.08. The van der Waals surface area contributed by atoms with Gasteiger partial charge in [-0.05, 0) is 44.7 Å². The second kappa shape index (κ2) is 6.90. The van der Waals surface area contributed by atoms with E-state index in [1.807, 2.05) is 30.9 Å². The molecule has 1 unspecified atom stereocenters. The average Bonchev–Trinajstić information content (AvgIpc) is 3.12. The first-order valence-corrected chi connectivity index (χ1v) is 8.28. The van der Waals surface area contributed by atoms with Crippen LogP contribution in [0.2, 0.25) is 0 Å². The highest BCUT2D eigenvalue weighted by Crippen LogP contribution is 2.21. The van der Waals surface area contributed by atoms with Crippen molar-refractivity contribution >= 4 is 6.03 Å². The van der Waals surface area contributed by atoms with Crippen molar-refractivity contribution in [2.45, 2.75) is 45.7 Å². The number of hydrogen-bond donors (Lipinski definition) is 1. The molecule has 0 aliphatic carbocycles. The first-order chi connectivity index (χ1) is 11.1. The second-order valence-electron chi connectivity index (χ2n) is 6.28. The molecule has 1 aliphatic rings. The van der Waals surface area contributed by atoms with Gasteiger partial charge in [-0.15, -0.1) is 0 Å². The summed E-state index contributed by atoms with van der Waals surface area (Å²) in [7, 11) is 0. The summed E-state index contributed by atoms with van der Waals surface area (Å²) in [6, 6.07) is 12.7. The number of benzene rings is 1. The van der Waals surface area contributed by atoms with Gasteiger partial charge in [-0.3, -0.25) is 0 Å². The topological polar surface area (TPSA) is 45.5 Å². The maximum atomic E-state index is 12.5. The highest BCUT2D eigenvalue weighted by molar-refractivity contribution is 5.75. The van der Waals surface area contributed by atoms with Crippen molar-refractivity contribution < 1.29 is 9.21 Å². The van der Waals surface area contributed by atoms with Crippen LogP contribution >= 0.6 is 0 Å². The zero-order valence-corrected chi connectivity index (χ0v) is 13.8. The predicted molar refractivity (Wildman–Crippen MR) is 90.3 cm³/mol. The summed E-state index contributed by atoms with van der Waals surface area (Å²) >= 11 is 0. The number of carbonyl (C=O) groups excluding carboxylic acids is 1. The van der Waals surface area contributed by atoms with Gasteiger partial charge in [0.1, 0.15) is 11.5 Å². The number of rotatable bonds is 4. The molecule has 1 atom stereocenters. The Labute approximate surface area is 137 Å². The van der Waals surface area contributed by atoms with Crippen LogP contribution in [-0.4, -0.2) is 23.5 Å². The molecule has 4 nitrogen and oxygen atoms in total. The Kier molecular flexibility index (Phi) is 4.70. The van der Waals surface area contributed by atoms with Crippen LogP contribution in [0, 0.1) is 13.8 Å². The van der Waals surface area contributed by atoms with Crippen LogP contribution in [0.1, 0.15) is 35.5 Å². The van der Waals surface area contributed by atoms with Crippen LogP contribution < -0.4 is 5.32 Å². The van der Waals surface area contributed by atoms with E-state index in [-0.39, 0.29) is 6.03 Å². The maximum Gasteiger partial charge on any atom is 0.317 e. The molecule has 23 heavy (non-hydrogen) atoms. The number of nitrogens with one attached hydrogen (secondary N) is 1. The van der Waals surface area contributed by atoms with Crippen molar-refractivity contribution in [3.63, 3.8) is 0 Å². The van der Waals surface area contributed by atoms with Crippen molar-refractivity contribution in [1.29, 1.82) is 0 Å². The van der Waals surface area contributed by atoms with E-state index in [1.165, 1.54) is 5.56 Å². The van der Waals surface area contributed by atoms with Crippen molar-refractivity contribution in [2.24, 2.45) is 0 Å². The molecule has 1 saturated heterocycles. The molecule has 1 aliphatic heterocycles. The lowest BCUT2D eigenvalue weighted by Gasteiger charge is -2.25. The van der Waals surface area contributed by atoms with Gasteiger partial charge in [0.2, 0.25) is 0 Å². The van der Waals surface area contributed by atoms with E-state index < -0.39 is 0 Å². The van der Waals surface area contributed by atoms with Crippen LogP contribution in [0.4, 0.5) is 4.79 Å². The molecule has 0 bridgehead atoms. The first kappa shape index (κ1) is 15.7. The van der Waals surface area contributed by atoms with E-state index in [4.69, 9.17) is 4.42 Å². The quantitative estimate of drug-likeness (QED) is 0.933. The summed E-state index contributed by atoms with van der Waals surface area (Å²) in [5.41, 5.74) is 2.34. The monoisotopic (exact) mass is 312 g/mol. The Morgan fingerprint density at radius 2 is 2.09 bits per heavy atom. The molecule has 2 amide bonds. The highest BCUT2D eigenvalue weighted by Gasteiger charge is 2.28. The fourth-order valence-corrected chi connectivity index (χ4v) is 3.33. The van der Waals surface area contributed by atoms with Crippen molar-refractivity contribution in [3.05, 3.63) is 59.0 Å². The zero-order valence-electron chi connectivity index (χ0n) is 13.8. The van der Waals surface area contributed by atoms with E-state index in [0.717, 1.165) is 42.9 Å². The minimum Gasteiger partial charge on any atom is -0.466 e. The lowest BCUT2D eigenvalue weighted by Crippen LogP contribution is -2.43. The number of amides is 2. The molecule has 1 aromatic carbocycles. The Balaban J connectivity index is 1.58. The van der Waals surface area contributed by atoms with E-state index >= 15 is 0 Å². The van der Waals surface area contributed by atoms with Crippen molar-refractivity contribution in [3.8, 4) is 0 Å². The van der Waals surface area contributed by atoms with Gasteiger partial charge in [-0.1, -0.05) is 30.3 Å². The lowest BCUT2D eigenvalue weighted by molar-refractivity contribution is 0.192. The maximum absolute atomic E-state index is 12.5. The number of nitrogens with zero attached hydrogens (tertiary/aromatic N) is 1. The van der Waals surface area contributed by atoms with Crippen LogP contribution in [0.5, 0.6) is 0 Å². The number of carbonyl (C=O) groups is 1. The molecule has 4 heteroatoms. The molecule has 0 radical (unpaired) electrons. The first-order valence-electron chi connectivity index (χ1n) is 8.28. The molecule has 3 rings (SSSR count). The minimum absolute atomic E-state index is 0.0293. The third-order valence-electron chi connectivity index (χ3n) is 4.53. The molecule has 2 aromatic rings. The van der Waals surface area contributed by atoms with Crippen LogP contribution in [-0.2, 0) is 13.0 Å². The normalized spacial score (nSPS) is 17.5. The summed E-state index contributed by atoms with van der Waals surface area (Å²) in [4.78, 5) is 14.5. The molecule has 1 fully saturated rings. The van der Waals surface area contributed by atoms with E-state index in [0.29, 0.717) is 12.6 Å². The lowest BCUT2D eigenvalue weighted by atomic mass is 10.0. The molecule has 0 saturated carbocycles. The van der Waals surface area contributed by atoms with Gasteiger partial charge in [0.25, 0.3) is 0 Å². The van der Waals surface area contributed by atoms with E-state index in [1.54, 1.807) is 0 Å². The smallest absolute Gasteiger partial charge is 0.317 e. The molecule has 0 spiro atoms.